The standard InChI is InChI=1S/C7H19O2Si3/c1-11(2,3)8-7(10)9-12(4,5)6/h7H,1-6H3. The summed E-state index contributed by atoms with van der Waals surface area (Å²) >= 11 is 0. The van der Waals surface area contributed by atoms with E-state index in [1.165, 1.54) is 0 Å². The van der Waals surface area contributed by atoms with E-state index in [9.17, 15) is 0 Å². The molecule has 0 fully saturated rings. The fourth-order valence-corrected chi connectivity index (χ4v) is 4.26. The van der Waals surface area contributed by atoms with Crippen LogP contribution < -0.4 is 0 Å². The average molecular weight is 219 g/mol. The predicted octanol–water partition coefficient (Wildman–Crippen LogP) is 2.14. The molecule has 0 aliphatic carbocycles. The van der Waals surface area contributed by atoms with Gasteiger partial charge in [0, 0.05) is 0 Å². The Labute approximate surface area is 81.3 Å². The number of hydrogen-bond acceptors (Lipinski definition) is 2. The smallest absolute Gasteiger partial charge is 0.186 e. The van der Waals surface area contributed by atoms with Gasteiger partial charge < -0.3 is 8.85 Å². The van der Waals surface area contributed by atoms with Crippen LogP contribution in [-0.4, -0.2) is 32.8 Å². The monoisotopic (exact) mass is 219 g/mol. The molecule has 0 spiro atoms. The first-order valence-electron chi connectivity index (χ1n) is 4.17. The maximum absolute atomic E-state index is 5.68. The molecule has 0 saturated carbocycles. The Kier molecular flexibility index (Phi) is 4.39. The zero-order valence-electron chi connectivity index (χ0n) is 8.89. The van der Waals surface area contributed by atoms with Crippen molar-refractivity contribution in [3.05, 3.63) is 0 Å². The second-order valence-corrected chi connectivity index (χ2v) is 14.2. The van der Waals surface area contributed by atoms with Crippen LogP contribution in [0.2, 0.25) is 39.3 Å². The molecule has 3 radical (unpaired) electrons. The van der Waals surface area contributed by atoms with Crippen LogP contribution in [0, 0.1) is 0 Å². The molecular weight excluding hydrogens is 200 g/mol. The van der Waals surface area contributed by atoms with E-state index in [-0.39, 0.29) is 5.91 Å². The van der Waals surface area contributed by atoms with Gasteiger partial charge in [-0.2, -0.15) is 0 Å². The van der Waals surface area contributed by atoms with Crippen LogP contribution in [0.3, 0.4) is 0 Å². The van der Waals surface area contributed by atoms with E-state index in [1.807, 2.05) is 0 Å². The highest BCUT2D eigenvalue weighted by atomic mass is 28.4. The number of rotatable bonds is 4. The van der Waals surface area contributed by atoms with E-state index in [2.05, 4.69) is 49.5 Å². The third-order valence-electron chi connectivity index (χ3n) is 0.921. The van der Waals surface area contributed by atoms with Crippen molar-refractivity contribution in [3.8, 4) is 0 Å². The van der Waals surface area contributed by atoms with E-state index in [0.717, 1.165) is 0 Å². The van der Waals surface area contributed by atoms with Crippen molar-refractivity contribution >= 4 is 26.9 Å². The van der Waals surface area contributed by atoms with Gasteiger partial charge in [0.05, 0.1) is 0 Å². The topological polar surface area (TPSA) is 18.5 Å². The largest absolute Gasteiger partial charge is 0.398 e. The molecule has 0 rings (SSSR count). The van der Waals surface area contributed by atoms with Gasteiger partial charge in [-0.05, 0) is 39.3 Å². The third kappa shape index (κ3) is 8.67. The molecule has 0 aliphatic heterocycles. The van der Waals surface area contributed by atoms with Crippen LogP contribution in [-0.2, 0) is 8.85 Å². The maximum atomic E-state index is 5.68. The second-order valence-electron chi connectivity index (χ2n) is 4.79. The highest BCUT2D eigenvalue weighted by Crippen LogP contribution is 2.11. The first-order chi connectivity index (χ1) is 5.10. The Morgan fingerprint density at radius 2 is 1.08 bits per heavy atom. The number of hydrogen-bond donors (Lipinski definition) is 0. The Morgan fingerprint density at radius 1 is 0.833 bits per heavy atom. The summed E-state index contributed by atoms with van der Waals surface area (Å²) in [4.78, 5) is 0. The molecule has 12 heavy (non-hydrogen) atoms. The molecule has 0 atom stereocenters. The van der Waals surface area contributed by atoms with Crippen molar-refractivity contribution in [2.24, 2.45) is 0 Å². The van der Waals surface area contributed by atoms with Gasteiger partial charge in [0.2, 0.25) is 0 Å². The molecule has 0 N–H and O–H groups in total. The lowest BCUT2D eigenvalue weighted by molar-refractivity contribution is 0.0641. The minimum absolute atomic E-state index is 0.219. The molecule has 0 saturated heterocycles. The molecule has 0 unspecified atom stereocenters. The summed E-state index contributed by atoms with van der Waals surface area (Å²) in [6.07, 6.45) is 0. The maximum Gasteiger partial charge on any atom is 0.186 e. The molecule has 0 bridgehead atoms. The summed E-state index contributed by atoms with van der Waals surface area (Å²) in [7, 11) is 0.483. The van der Waals surface area contributed by atoms with Crippen molar-refractivity contribution in [1.82, 2.24) is 0 Å². The average Bonchev–Trinajstić information content (AvgIpc) is 1.49. The van der Waals surface area contributed by atoms with Crippen molar-refractivity contribution in [2.45, 2.75) is 45.2 Å². The lowest BCUT2D eigenvalue weighted by Crippen LogP contribution is -2.40. The highest BCUT2D eigenvalue weighted by molar-refractivity contribution is 6.71. The summed E-state index contributed by atoms with van der Waals surface area (Å²) in [6, 6.07) is 0. The fourth-order valence-electron chi connectivity index (χ4n) is 0.666. The molecule has 0 aromatic heterocycles. The molecule has 0 heterocycles. The van der Waals surface area contributed by atoms with E-state index in [0.29, 0.717) is 0 Å². The molecule has 5 heteroatoms. The van der Waals surface area contributed by atoms with Crippen LogP contribution in [0.25, 0.3) is 0 Å². The fraction of sp³-hybridized carbons (Fsp3) is 1.00. The molecule has 71 valence electrons. The van der Waals surface area contributed by atoms with Gasteiger partial charge in [0.1, 0.15) is 16.2 Å². The van der Waals surface area contributed by atoms with Crippen LogP contribution in [0.4, 0.5) is 0 Å². The molecule has 2 nitrogen and oxygen atoms in total. The Balaban J connectivity index is 3.83. The van der Waals surface area contributed by atoms with Gasteiger partial charge in [0.25, 0.3) is 0 Å². The Morgan fingerprint density at radius 3 is 1.25 bits per heavy atom. The SMILES string of the molecule is C[Si](C)(C)OC([Si])O[Si](C)(C)C. The summed E-state index contributed by atoms with van der Waals surface area (Å²) in [5.41, 5.74) is 0. The normalized spacial score (nSPS) is 14.0. The predicted molar refractivity (Wildman–Crippen MR) is 58.4 cm³/mol. The van der Waals surface area contributed by atoms with Crippen LogP contribution in [0.5, 0.6) is 0 Å². The van der Waals surface area contributed by atoms with Gasteiger partial charge in [0.15, 0.2) is 16.6 Å². The first kappa shape index (κ1) is 12.6. The van der Waals surface area contributed by atoms with Gasteiger partial charge in [-0.25, -0.2) is 0 Å². The zero-order chi connectivity index (χ0) is 9.99. The van der Waals surface area contributed by atoms with Crippen molar-refractivity contribution in [2.75, 3.05) is 0 Å². The highest BCUT2D eigenvalue weighted by Gasteiger charge is 2.23. The lowest BCUT2D eigenvalue weighted by atomic mass is 11.5. The minimum Gasteiger partial charge on any atom is -0.398 e. The summed E-state index contributed by atoms with van der Waals surface area (Å²) in [5, 5.41) is 0. The van der Waals surface area contributed by atoms with Gasteiger partial charge in [-0.15, -0.1) is 0 Å². The molecule has 0 aliphatic rings. The van der Waals surface area contributed by atoms with E-state index >= 15 is 0 Å². The van der Waals surface area contributed by atoms with Gasteiger partial charge in [-0.3, -0.25) is 0 Å². The summed E-state index contributed by atoms with van der Waals surface area (Å²) < 4.78 is 11.4. The van der Waals surface area contributed by atoms with E-state index in [1.54, 1.807) is 0 Å². The van der Waals surface area contributed by atoms with Gasteiger partial charge >= 0.3 is 0 Å². The molecule has 0 aromatic carbocycles. The third-order valence-corrected chi connectivity index (χ3v) is 3.47. The second kappa shape index (κ2) is 4.19. The molecule has 0 aromatic rings. The van der Waals surface area contributed by atoms with E-state index in [4.69, 9.17) is 8.85 Å². The lowest BCUT2D eigenvalue weighted by Gasteiger charge is -2.29. The molecular formula is C7H19O2Si3. The Hall–Kier alpha value is 0.571. The molecule has 0 amide bonds. The van der Waals surface area contributed by atoms with Crippen molar-refractivity contribution in [3.63, 3.8) is 0 Å². The minimum atomic E-state index is -1.47. The van der Waals surface area contributed by atoms with Crippen LogP contribution >= 0.6 is 0 Å². The zero-order valence-corrected chi connectivity index (χ0v) is 11.9. The Bertz CT molecular complexity index is 121. The van der Waals surface area contributed by atoms with Crippen molar-refractivity contribution < 1.29 is 8.85 Å². The van der Waals surface area contributed by atoms with Gasteiger partial charge in [-0.1, -0.05) is 0 Å². The van der Waals surface area contributed by atoms with Crippen molar-refractivity contribution in [1.29, 1.82) is 0 Å². The van der Waals surface area contributed by atoms with Crippen LogP contribution in [0.1, 0.15) is 0 Å². The van der Waals surface area contributed by atoms with Crippen LogP contribution in [0.15, 0.2) is 0 Å². The van der Waals surface area contributed by atoms with E-state index < -0.39 is 16.6 Å². The summed E-state index contributed by atoms with van der Waals surface area (Å²) in [5.74, 6) is -0.219. The first-order valence-corrected chi connectivity index (χ1v) is 11.6. The quantitative estimate of drug-likeness (QED) is 0.533. The summed E-state index contributed by atoms with van der Waals surface area (Å²) in [6.45, 7) is 12.9.